The Morgan fingerprint density at radius 1 is 1.35 bits per heavy atom. The van der Waals surface area contributed by atoms with Crippen LogP contribution in [0, 0.1) is 0 Å². The Kier molecular flexibility index (Phi) is 6.78. The van der Waals surface area contributed by atoms with E-state index in [1.54, 1.807) is 6.92 Å². The van der Waals surface area contributed by atoms with Crippen LogP contribution in [0.1, 0.15) is 18.9 Å². The van der Waals surface area contributed by atoms with Gasteiger partial charge in [-0.2, -0.15) is 8.42 Å². The minimum atomic E-state index is -4.08. The van der Waals surface area contributed by atoms with Crippen LogP contribution in [0.15, 0.2) is 29.4 Å². The molecule has 130 valence electrons. The van der Waals surface area contributed by atoms with Gasteiger partial charge in [-0.3, -0.25) is 4.28 Å². The highest BCUT2D eigenvalue weighted by molar-refractivity contribution is 7.92. The number of halogens is 2. The van der Waals surface area contributed by atoms with Gasteiger partial charge in [-0.05, 0) is 30.7 Å². The highest BCUT2D eigenvalue weighted by atomic mass is 32.2. The summed E-state index contributed by atoms with van der Waals surface area (Å²) in [5, 5.41) is -0.801. The van der Waals surface area contributed by atoms with E-state index < -0.39 is 32.3 Å². The lowest BCUT2D eigenvalue weighted by Crippen LogP contribution is -2.38. The fourth-order valence-corrected chi connectivity index (χ4v) is 2.73. The zero-order valence-electron chi connectivity index (χ0n) is 12.8. The monoisotopic (exact) mass is 369 g/mol. The summed E-state index contributed by atoms with van der Waals surface area (Å²) in [6.45, 7) is 1.59. The van der Waals surface area contributed by atoms with E-state index in [0.29, 0.717) is 5.75 Å². The molecular formula is C13H17F2NO5S2. The summed E-state index contributed by atoms with van der Waals surface area (Å²) in [6, 6.07) is 5.27. The molecule has 1 aromatic carbocycles. The van der Waals surface area contributed by atoms with Gasteiger partial charge in [-0.25, -0.2) is 0 Å². The minimum Gasteiger partial charge on any atom is -0.612 e. The van der Waals surface area contributed by atoms with Gasteiger partial charge in [-0.15, -0.1) is 8.78 Å². The number of benzene rings is 1. The molecule has 0 aliphatic carbocycles. The Bertz CT molecular complexity index is 645. The normalized spacial score (nSPS) is 14.4. The van der Waals surface area contributed by atoms with Crippen LogP contribution in [0.2, 0.25) is 0 Å². The number of ether oxygens (including phenoxy) is 1. The first-order chi connectivity index (χ1) is 10.6. The van der Waals surface area contributed by atoms with Crippen molar-refractivity contribution in [2.24, 2.45) is 5.16 Å². The summed E-state index contributed by atoms with van der Waals surface area (Å²) in [7, 11) is -2.68. The number of hydrogen-bond donors (Lipinski definition) is 0. The van der Waals surface area contributed by atoms with Crippen molar-refractivity contribution in [2.45, 2.75) is 18.6 Å². The van der Waals surface area contributed by atoms with E-state index in [-0.39, 0.29) is 17.7 Å². The fourth-order valence-electron chi connectivity index (χ4n) is 1.54. The van der Waals surface area contributed by atoms with Gasteiger partial charge in [0.1, 0.15) is 12.0 Å². The van der Waals surface area contributed by atoms with E-state index in [1.165, 1.54) is 31.4 Å². The smallest absolute Gasteiger partial charge is 0.454 e. The fraction of sp³-hybridized carbons (Fsp3) is 0.462. The average molecular weight is 369 g/mol. The molecule has 0 saturated carbocycles. The Labute approximate surface area is 136 Å². The zero-order valence-corrected chi connectivity index (χ0v) is 14.4. The second-order valence-corrected chi connectivity index (χ2v) is 7.57. The van der Waals surface area contributed by atoms with E-state index >= 15 is 0 Å². The van der Waals surface area contributed by atoms with Crippen molar-refractivity contribution in [1.82, 2.24) is 0 Å². The molecule has 0 N–H and O–H groups in total. The molecule has 0 aliphatic rings. The third-order valence-electron chi connectivity index (χ3n) is 2.70. The Morgan fingerprint density at radius 3 is 2.35 bits per heavy atom. The number of rotatable bonds is 8. The molecule has 0 aliphatic heterocycles. The number of alkyl halides is 2. The van der Waals surface area contributed by atoms with E-state index in [0.717, 1.165) is 6.26 Å². The van der Waals surface area contributed by atoms with Gasteiger partial charge in [0.2, 0.25) is 5.71 Å². The van der Waals surface area contributed by atoms with Crippen molar-refractivity contribution in [3.63, 3.8) is 0 Å². The molecule has 0 heterocycles. The highest BCUT2D eigenvalue weighted by Crippen LogP contribution is 2.28. The lowest BCUT2D eigenvalue weighted by Gasteiger charge is -2.18. The van der Waals surface area contributed by atoms with Crippen molar-refractivity contribution >= 4 is 27.0 Å². The SMILES string of the molecule is CCCS(=O)(=O)ON=C(c1ccc(OC)cc1)C(F)(F)[S+](C)[O-]. The van der Waals surface area contributed by atoms with Gasteiger partial charge in [0.05, 0.1) is 12.9 Å². The maximum absolute atomic E-state index is 14.1. The van der Waals surface area contributed by atoms with Crippen LogP contribution in [-0.4, -0.2) is 43.1 Å². The zero-order chi connectivity index (χ0) is 17.7. The van der Waals surface area contributed by atoms with E-state index in [1.807, 2.05) is 0 Å². The summed E-state index contributed by atoms with van der Waals surface area (Å²) < 4.78 is 71.7. The topological polar surface area (TPSA) is 88.0 Å². The van der Waals surface area contributed by atoms with Crippen LogP contribution >= 0.6 is 0 Å². The van der Waals surface area contributed by atoms with Gasteiger partial charge in [0.25, 0.3) is 0 Å². The summed E-state index contributed by atoms with van der Waals surface area (Å²) >= 11 is -2.62. The molecule has 6 nitrogen and oxygen atoms in total. The summed E-state index contributed by atoms with van der Waals surface area (Å²) in [5.74, 6) is 0.0428. The Balaban J connectivity index is 3.26. The average Bonchev–Trinajstić information content (AvgIpc) is 2.47. The van der Waals surface area contributed by atoms with E-state index in [9.17, 15) is 21.8 Å². The molecule has 0 aromatic heterocycles. The standard InChI is InChI=1S/C13H17F2NO5S2/c1-4-9-23(18,19)21-16-12(13(14,15)22(3)17)10-5-7-11(20-2)8-6-10/h5-8H,4,9H2,1-3H3. The number of methoxy groups -OCH3 is 1. The van der Waals surface area contributed by atoms with Crippen LogP contribution in [0.3, 0.4) is 0 Å². The van der Waals surface area contributed by atoms with Crippen molar-refractivity contribution in [1.29, 1.82) is 0 Å². The molecule has 1 unspecified atom stereocenters. The van der Waals surface area contributed by atoms with Gasteiger partial charge in [-0.1, -0.05) is 12.1 Å². The van der Waals surface area contributed by atoms with Gasteiger partial charge in [0, 0.05) is 16.7 Å². The minimum absolute atomic E-state index is 0.127. The predicted octanol–water partition coefficient (Wildman–Crippen LogP) is 2.13. The first kappa shape index (κ1) is 19.7. The van der Waals surface area contributed by atoms with Crippen molar-refractivity contribution < 1.29 is 30.8 Å². The van der Waals surface area contributed by atoms with Crippen molar-refractivity contribution in [3.05, 3.63) is 29.8 Å². The van der Waals surface area contributed by atoms with Crippen molar-refractivity contribution in [3.8, 4) is 5.75 Å². The van der Waals surface area contributed by atoms with Gasteiger partial charge in [0.15, 0.2) is 0 Å². The molecule has 0 radical (unpaired) electrons. The largest absolute Gasteiger partial charge is 0.612 e. The highest BCUT2D eigenvalue weighted by Gasteiger charge is 2.48. The number of nitrogens with zero attached hydrogens (tertiary/aromatic N) is 1. The Morgan fingerprint density at radius 2 is 1.91 bits per heavy atom. The first-order valence-corrected chi connectivity index (χ1v) is 9.63. The predicted molar refractivity (Wildman–Crippen MR) is 83.7 cm³/mol. The Hall–Kier alpha value is -1.39. The molecule has 1 atom stereocenters. The van der Waals surface area contributed by atoms with Gasteiger partial charge >= 0.3 is 15.4 Å². The molecule has 0 spiro atoms. The maximum Gasteiger partial charge on any atom is 0.454 e. The molecule has 23 heavy (non-hydrogen) atoms. The van der Waals surface area contributed by atoms with Crippen LogP contribution in [-0.2, 0) is 25.6 Å². The van der Waals surface area contributed by atoms with Gasteiger partial charge < -0.3 is 9.29 Å². The molecule has 1 rings (SSSR count). The van der Waals surface area contributed by atoms with Crippen LogP contribution in [0.5, 0.6) is 5.75 Å². The molecule has 0 fully saturated rings. The second kappa shape index (κ2) is 7.93. The summed E-state index contributed by atoms with van der Waals surface area (Å²) in [4.78, 5) is 0. The molecule has 10 heteroatoms. The van der Waals surface area contributed by atoms with Crippen LogP contribution in [0.25, 0.3) is 0 Å². The lowest BCUT2D eigenvalue weighted by molar-refractivity contribution is 0.165. The number of hydrogen-bond acceptors (Lipinski definition) is 6. The van der Waals surface area contributed by atoms with Crippen LogP contribution in [0.4, 0.5) is 8.78 Å². The van der Waals surface area contributed by atoms with E-state index in [2.05, 4.69) is 9.44 Å². The summed E-state index contributed by atoms with van der Waals surface area (Å²) in [5.41, 5.74) is -1.15. The molecule has 0 bridgehead atoms. The first-order valence-electron chi connectivity index (χ1n) is 6.49. The molecule has 1 aromatic rings. The van der Waals surface area contributed by atoms with Crippen LogP contribution < -0.4 is 4.74 Å². The molecule has 0 saturated heterocycles. The van der Waals surface area contributed by atoms with Crippen molar-refractivity contribution in [2.75, 3.05) is 19.1 Å². The maximum atomic E-state index is 14.1. The number of oxime groups is 1. The quantitative estimate of drug-likeness (QED) is 0.398. The lowest BCUT2D eigenvalue weighted by atomic mass is 10.1. The molecular weight excluding hydrogens is 352 g/mol. The second-order valence-electron chi connectivity index (χ2n) is 4.48. The third kappa shape index (κ3) is 5.33. The summed E-state index contributed by atoms with van der Waals surface area (Å²) in [6.07, 6.45) is 1.03. The van der Waals surface area contributed by atoms with E-state index in [4.69, 9.17) is 4.74 Å². The molecule has 0 amide bonds. The third-order valence-corrected chi connectivity index (χ3v) is 4.82.